The number of rotatable bonds is 2. The molecule has 0 spiro atoms. The summed E-state index contributed by atoms with van der Waals surface area (Å²) in [5.74, 6) is 0. The molecule has 0 aliphatic heterocycles. The summed E-state index contributed by atoms with van der Waals surface area (Å²) < 4.78 is 0. The van der Waals surface area contributed by atoms with Crippen LogP contribution in [0.1, 0.15) is 11.3 Å². The molecule has 2 heterocycles. The molecule has 2 N–H and O–H groups in total. The Labute approximate surface area is 97.3 Å². The van der Waals surface area contributed by atoms with Gasteiger partial charge in [0, 0.05) is 23.7 Å². The van der Waals surface area contributed by atoms with Crippen molar-refractivity contribution in [2.24, 2.45) is 0 Å². The third-order valence-corrected chi connectivity index (χ3v) is 2.79. The van der Waals surface area contributed by atoms with Crippen molar-refractivity contribution in [2.45, 2.75) is 6.42 Å². The summed E-state index contributed by atoms with van der Waals surface area (Å²) in [7, 11) is 0. The largest absolute Gasteiger partial charge is 0.327 e. The van der Waals surface area contributed by atoms with Crippen molar-refractivity contribution in [3.8, 4) is 0 Å². The third-order valence-electron chi connectivity index (χ3n) is 2.79. The SMILES string of the molecule is O=c1[nH]ccc2c(Cc3ccccc3)[nH]nc12. The number of benzene rings is 1. The van der Waals surface area contributed by atoms with Gasteiger partial charge in [-0.2, -0.15) is 5.10 Å². The molecule has 3 aromatic rings. The Morgan fingerprint density at radius 2 is 1.94 bits per heavy atom. The molecule has 3 rings (SSSR count). The van der Waals surface area contributed by atoms with E-state index in [0.717, 1.165) is 17.5 Å². The van der Waals surface area contributed by atoms with Crippen molar-refractivity contribution in [2.75, 3.05) is 0 Å². The number of aromatic nitrogens is 3. The van der Waals surface area contributed by atoms with E-state index in [9.17, 15) is 4.79 Å². The van der Waals surface area contributed by atoms with Crippen molar-refractivity contribution in [3.05, 3.63) is 64.2 Å². The van der Waals surface area contributed by atoms with Crippen molar-refractivity contribution < 1.29 is 0 Å². The van der Waals surface area contributed by atoms with Crippen LogP contribution >= 0.6 is 0 Å². The van der Waals surface area contributed by atoms with Crippen LogP contribution in [-0.4, -0.2) is 15.2 Å². The number of pyridine rings is 1. The van der Waals surface area contributed by atoms with Crippen LogP contribution in [0.4, 0.5) is 0 Å². The second kappa shape index (κ2) is 3.90. The molecule has 0 radical (unpaired) electrons. The van der Waals surface area contributed by atoms with Gasteiger partial charge in [-0.1, -0.05) is 30.3 Å². The van der Waals surface area contributed by atoms with Crippen molar-refractivity contribution in [1.29, 1.82) is 0 Å². The highest BCUT2D eigenvalue weighted by Crippen LogP contribution is 2.15. The Morgan fingerprint density at radius 1 is 1.12 bits per heavy atom. The lowest BCUT2D eigenvalue weighted by molar-refractivity contribution is 1.01. The number of nitrogens with zero attached hydrogens (tertiary/aromatic N) is 1. The molecule has 0 aliphatic rings. The highest BCUT2D eigenvalue weighted by Gasteiger charge is 2.07. The number of nitrogens with one attached hydrogen (secondary N) is 2. The zero-order chi connectivity index (χ0) is 11.7. The minimum absolute atomic E-state index is 0.155. The number of fused-ring (bicyclic) bond motifs is 1. The van der Waals surface area contributed by atoms with E-state index in [0.29, 0.717) is 5.52 Å². The van der Waals surface area contributed by atoms with Crippen LogP contribution in [0.2, 0.25) is 0 Å². The fourth-order valence-corrected chi connectivity index (χ4v) is 1.94. The van der Waals surface area contributed by atoms with Crippen LogP contribution < -0.4 is 5.56 Å². The van der Waals surface area contributed by atoms with Gasteiger partial charge in [0.15, 0.2) is 5.52 Å². The molecule has 84 valence electrons. The van der Waals surface area contributed by atoms with E-state index in [4.69, 9.17) is 0 Å². The fourth-order valence-electron chi connectivity index (χ4n) is 1.94. The van der Waals surface area contributed by atoms with Gasteiger partial charge in [-0.15, -0.1) is 0 Å². The number of hydrogen-bond acceptors (Lipinski definition) is 2. The van der Waals surface area contributed by atoms with Gasteiger partial charge in [0.1, 0.15) is 0 Å². The lowest BCUT2D eigenvalue weighted by atomic mass is 10.1. The van der Waals surface area contributed by atoms with Crippen LogP contribution in [0, 0.1) is 0 Å². The van der Waals surface area contributed by atoms with Gasteiger partial charge in [-0.25, -0.2) is 0 Å². The zero-order valence-electron chi connectivity index (χ0n) is 9.10. The van der Waals surface area contributed by atoms with Crippen molar-refractivity contribution >= 4 is 10.9 Å². The Bertz CT molecular complexity index is 697. The molecule has 0 aliphatic carbocycles. The first-order valence-electron chi connectivity index (χ1n) is 5.43. The van der Waals surface area contributed by atoms with Crippen LogP contribution in [0.25, 0.3) is 10.9 Å². The summed E-state index contributed by atoms with van der Waals surface area (Å²) in [6, 6.07) is 12.0. The molecule has 17 heavy (non-hydrogen) atoms. The number of hydrogen-bond donors (Lipinski definition) is 2. The van der Waals surface area contributed by atoms with Crippen LogP contribution in [0.3, 0.4) is 0 Å². The van der Waals surface area contributed by atoms with E-state index in [-0.39, 0.29) is 5.56 Å². The molecule has 0 bridgehead atoms. The van der Waals surface area contributed by atoms with Crippen LogP contribution in [-0.2, 0) is 6.42 Å². The minimum atomic E-state index is -0.155. The maximum atomic E-state index is 11.5. The first-order chi connectivity index (χ1) is 8.34. The van der Waals surface area contributed by atoms with Gasteiger partial charge in [-0.05, 0) is 11.6 Å². The standard InChI is InChI=1S/C13H11N3O/c17-13-12-10(6-7-14-13)11(15-16-12)8-9-4-2-1-3-5-9/h1-7H,8H2,(H,14,17)(H,15,16). The van der Waals surface area contributed by atoms with E-state index in [2.05, 4.69) is 27.3 Å². The summed E-state index contributed by atoms with van der Waals surface area (Å²) in [5.41, 5.74) is 2.48. The maximum absolute atomic E-state index is 11.5. The molecule has 2 aromatic heterocycles. The summed E-state index contributed by atoms with van der Waals surface area (Å²) in [6.07, 6.45) is 2.40. The molecular weight excluding hydrogens is 214 g/mol. The summed E-state index contributed by atoms with van der Waals surface area (Å²) >= 11 is 0. The molecule has 1 aromatic carbocycles. The Hall–Kier alpha value is -2.36. The fraction of sp³-hybridized carbons (Fsp3) is 0.0769. The highest BCUT2D eigenvalue weighted by molar-refractivity contribution is 5.80. The van der Waals surface area contributed by atoms with Gasteiger partial charge in [-0.3, -0.25) is 9.89 Å². The average molecular weight is 225 g/mol. The van der Waals surface area contributed by atoms with Crippen LogP contribution in [0.15, 0.2) is 47.4 Å². The summed E-state index contributed by atoms with van der Waals surface area (Å²) in [4.78, 5) is 14.1. The first-order valence-corrected chi connectivity index (χ1v) is 5.43. The van der Waals surface area contributed by atoms with Crippen molar-refractivity contribution in [1.82, 2.24) is 15.2 Å². The van der Waals surface area contributed by atoms with E-state index < -0.39 is 0 Å². The van der Waals surface area contributed by atoms with Crippen LogP contribution in [0.5, 0.6) is 0 Å². The predicted molar refractivity (Wildman–Crippen MR) is 66.0 cm³/mol. The second-order valence-corrected chi connectivity index (χ2v) is 3.93. The lowest BCUT2D eigenvalue weighted by Crippen LogP contribution is -2.04. The molecule has 0 atom stereocenters. The van der Waals surface area contributed by atoms with Gasteiger partial charge in [0.05, 0.1) is 0 Å². The van der Waals surface area contributed by atoms with Gasteiger partial charge in [0.2, 0.25) is 0 Å². The van der Waals surface area contributed by atoms with Gasteiger partial charge in [0.25, 0.3) is 5.56 Å². The minimum Gasteiger partial charge on any atom is -0.327 e. The Morgan fingerprint density at radius 3 is 2.76 bits per heavy atom. The first kappa shape index (κ1) is 9.84. The van der Waals surface area contributed by atoms with E-state index in [1.54, 1.807) is 6.20 Å². The molecule has 4 nitrogen and oxygen atoms in total. The summed E-state index contributed by atoms with van der Waals surface area (Å²) in [6.45, 7) is 0. The smallest absolute Gasteiger partial charge is 0.276 e. The lowest BCUT2D eigenvalue weighted by Gasteiger charge is -1.98. The molecule has 0 amide bonds. The monoisotopic (exact) mass is 225 g/mol. The van der Waals surface area contributed by atoms with E-state index in [1.807, 2.05) is 24.3 Å². The molecule has 0 saturated carbocycles. The molecule has 4 heteroatoms. The van der Waals surface area contributed by atoms with Gasteiger partial charge < -0.3 is 4.98 Å². The summed E-state index contributed by atoms with van der Waals surface area (Å²) in [5, 5.41) is 7.87. The molecule has 0 fully saturated rings. The number of aromatic amines is 2. The van der Waals surface area contributed by atoms with E-state index in [1.165, 1.54) is 5.56 Å². The quantitative estimate of drug-likeness (QED) is 0.699. The predicted octanol–water partition coefficient (Wildman–Crippen LogP) is 1.84. The number of H-pyrrole nitrogens is 2. The third kappa shape index (κ3) is 1.73. The second-order valence-electron chi connectivity index (χ2n) is 3.93. The van der Waals surface area contributed by atoms with E-state index >= 15 is 0 Å². The maximum Gasteiger partial charge on any atom is 0.276 e. The normalized spacial score (nSPS) is 10.8. The topological polar surface area (TPSA) is 61.5 Å². The highest BCUT2D eigenvalue weighted by atomic mass is 16.1. The molecular formula is C13H11N3O. The average Bonchev–Trinajstić information content (AvgIpc) is 2.76. The Balaban J connectivity index is 2.08. The zero-order valence-corrected chi connectivity index (χ0v) is 9.10. The van der Waals surface area contributed by atoms with Gasteiger partial charge >= 0.3 is 0 Å². The Kier molecular flexibility index (Phi) is 2.26. The molecule has 0 saturated heterocycles. The van der Waals surface area contributed by atoms with Crippen molar-refractivity contribution in [3.63, 3.8) is 0 Å². The molecule has 0 unspecified atom stereocenters.